The fourth-order valence-corrected chi connectivity index (χ4v) is 2.61. The van der Waals surface area contributed by atoms with E-state index in [2.05, 4.69) is 43.0 Å². The van der Waals surface area contributed by atoms with Crippen molar-refractivity contribution in [2.24, 2.45) is 0 Å². The summed E-state index contributed by atoms with van der Waals surface area (Å²) in [7, 11) is 0. The molecule has 0 aromatic heterocycles. The van der Waals surface area contributed by atoms with Gasteiger partial charge >= 0.3 is 0 Å². The maximum absolute atomic E-state index is 10.7. The Bertz CT molecular complexity index is 367. The molecule has 0 aliphatic carbocycles. The van der Waals surface area contributed by atoms with Gasteiger partial charge in [0.2, 0.25) is 0 Å². The van der Waals surface area contributed by atoms with Crippen LogP contribution in [0.4, 0.5) is 0 Å². The van der Waals surface area contributed by atoms with Crippen LogP contribution in [-0.4, -0.2) is 29.6 Å². The topological polar surface area (TPSA) is 23.5 Å². The molecular formula is C15H23NO. The van der Waals surface area contributed by atoms with E-state index in [1.54, 1.807) is 0 Å². The third-order valence-corrected chi connectivity index (χ3v) is 4.00. The normalized spacial score (nSPS) is 20.4. The van der Waals surface area contributed by atoms with E-state index in [0.717, 1.165) is 44.5 Å². The SMILES string of the molecule is CCc1cccc(C2(O)CCN(CC)CC2)c1. The van der Waals surface area contributed by atoms with Gasteiger partial charge in [-0.05, 0) is 36.9 Å². The number of piperidine rings is 1. The van der Waals surface area contributed by atoms with Gasteiger partial charge in [-0.25, -0.2) is 0 Å². The van der Waals surface area contributed by atoms with Crippen molar-refractivity contribution in [2.45, 2.75) is 38.7 Å². The Balaban J connectivity index is 2.15. The molecule has 0 saturated carbocycles. The molecule has 1 N–H and O–H groups in total. The number of nitrogens with zero attached hydrogens (tertiary/aromatic N) is 1. The molecule has 1 aromatic rings. The Labute approximate surface area is 104 Å². The largest absolute Gasteiger partial charge is 0.385 e. The van der Waals surface area contributed by atoms with Crippen LogP contribution in [0.3, 0.4) is 0 Å². The molecule has 94 valence electrons. The summed E-state index contributed by atoms with van der Waals surface area (Å²) < 4.78 is 0. The minimum atomic E-state index is -0.600. The van der Waals surface area contributed by atoms with Crippen molar-refractivity contribution in [3.05, 3.63) is 35.4 Å². The second kappa shape index (κ2) is 5.19. The summed E-state index contributed by atoms with van der Waals surface area (Å²) in [6.07, 6.45) is 2.74. The molecular weight excluding hydrogens is 210 g/mol. The zero-order chi connectivity index (χ0) is 12.3. The lowest BCUT2D eigenvalue weighted by atomic mass is 9.83. The smallest absolute Gasteiger partial charge is 0.0921 e. The highest BCUT2D eigenvalue weighted by Gasteiger charge is 2.33. The van der Waals surface area contributed by atoms with E-state index in [4.69, 9.17) is 0 Å². The fourth-order valence-electron chi connectivity index (χ4n) is 2.61. The Morgan fingerprint density at radius 1 is 1.24 bits per heavy atom. The van der Waals surface area contributed by atoms with Crippen LogP contribution in [0.2, 0.25) is 0 Å². The Hall–Kier alpha value is -0.860. The highest BCUT2D eigenvalue weighted by Crippen LogP contribution is 2.33. The number of hydrogen-bond donors (Lipinski definition) is 1. The lowest BCUT2D eigenvalue weighted by Crippen LogP contribution is -2.42. The zero-order valence-corrected chi connectivity index (χ0v) is 10.9. The first-order chi connectivity index (χ1) is 8.18. The van der Waals surface area contributed by atoms with E-state index >= 15 is 0 Å². The van der Waals surface area contributed by atoms with Crippen LogP contribution in [0.5, 0.6) is 0 Å². The first-order valence-electron chi connectivity index (χ1n) is 6.72. The second-order valence-electron chi connectivity index (χ2n) is 5.02. The molecule has 1 saturated heterocycles. The van der Waals surface area contributed by atoms with Crippen LogP contribution < -0.4 is 0 Å². The Morgan fingerprint density at radius 3 is 2.53 bits per heavy atom. The first-order valence-corrected chi connectivity index (χ1v) is 6.72. The molecule has 0 spiro atoms. The molecule has 2 nitrogen and oxygen atoms in total. The van der Waals surface area contributed by atoms with Crippen LogP contribution in [-0.2, 0) is 12.0 Å². The average molecular weight is 233 g/mol. The van der Waals surface area contributed by atoms with E-state index < -0.39 is 5.60 Å². The van der Waals surface area contributed by atoms with Crippen LogP contribution in [0.25, 0.3) is 0 Å². The van der Waals surface area contributed by atoms with Gasteiger partial charge in [0.1, 0.15) is 0 Å². The second-order valence-corrected chi connectivity index (χ2v) is 5.02. The highest BCUT2D eigenvalue weighted by molar-refractivity contribution is 5.28. The van der Waals surface area contributed by atoms with Gasteiger partial charge in [-0.15, -0.1) is 0 Å². The lowest BCUT2D eigenvalue weighted by molar-refractivity contribution is -0.0247. The molecule has 1 aliphatic heterocycles. The van der Waals surface area contributed by atoms with Crippen molar-refractivity contribution in [3.8, 4) is 0 Å². The molecule has 1 heterocycles. The van der Waals surface area contributed by atoms with Crippen LogP contribution >= 0.6 is 0 Å². The maximum atomic E-state index is 10.7. The van der Waals surface area contributed by atoms with E-state index in [-0.39, 0.29) is 0 Å². The Kier molecular flexibility index (Phi) is 3.85. The van der Waals surface area contributed by atoms with Gasteiger partial charge in [0.25, 0.3) is 0 Å². The van der Waals surface area contributed by atoms with Gasteiger partial charge in [-0.2, -0.15) is 0 Å². The van der Waals surface area contributed by atoms with Crippen molar-refractivity contribution >= 4 is 0 Å². The summed E-state index contributed by atoms with van der Waals surface area (Å²) in [6, 6.07) is 8.44. The van der Waals surface area contributed by atoms with Gasteiger partial charge in [0.15, 0.2) is 0 Å². The van der Waals surface area contributed by atoms with E-state index in [1.165, 1.54) is 5.56 Å². The van der Waals surface area contributed by atoms with Crippen molar-refractivity contribution in [1.82, 2.24) is 4.90 Å². The standard InChI is InChI=1S/C15H23NO/c1-3-13-6-5-7-14(12-13)15(17)8-10-16(4-2)11-9-15/h5-7,12,17H,3-4,8-11H2,1-2H3. The van der Waals surface area contributed by atoms with Crippen LogP contribution in [0.15, 0.2) is 24.3 Å². The van der Waals surface area contributed by atoms with Crippen LogP contribution in [0.1, 0.15) is 37.8 Å². The summed E-state index contributed by atoms with van der Waals surface area (Å²) in [6.45, 7) is 7.43. The molecule has 0 atom stereocenters. The molecule has 2 heteroatoms. The zero-order valence-electron chi connectivity index (χ0n) is 10.9. The predicted molar refractivity (Wildman–Crippen MR) is 71.1 cm³/mol. The monoisotopic (exact) mass is 233 g/mol. The molecule has 0 amide bonds. The number of benzene rings is 1. The average Bonchev–Trinajstić information content (AvgIpc) is 2.40. The molecule has 2 rings (SSSR count). The van der Waals surface area contributed by atoms with Crippen molar-refractivity contribution < 1.29 is 5.11 Å². The number of hydrogen-bond acceptors (Lipinski definition) is 2. The van der Waals surface area contributed by atoms with Gasteiger partial charge in [-0.1, -0.05) is 38.1 Å². The molecule has 1 aliphatic rings. The van der Waals surface area contributed by atoms with E-state index in [1.807, 2.05) is 0 Å². The minimum Gasteiger partial charge on any atom is -0.385 e. The predicted octanol–water partition coefficient (Wildman–Crippen LogP) is 2.55. The number of aliphatic hydroxyl groups is 1. The molecule has 1 fully saturated rings. The molecule has 1 aromatic carbocycles. The number of aryl methyl sites for hydroxylation is 1. The third kappa shape index (κ3) is 2.70. The van der Waals surface area contributed by atoms with E-state index in [0.29, 0.717) is 0 Å². The van der Waals surface area contributed by atoms with Gasteiger partial charge < -0.3 is 10.0 Å². The van der Waals surface area contributed by atoms with Crippen molar-refractivity contribution in [3.63, 3.8) is 0 Å². The van der Waals surface area contributed by atoms with Gasteiger partial charge in [-0.3, -0.25) is 0 Å². The first kappa shape index (κ1) is 12.6. The number of likely N-dealkylation sites (tertiary alicyclic amines) is 1. The van der Waals surface area contributed by atoms with E-state index in [9.17, 15) is 5.11 Å². The number of rotatable bonds is 3. The molecule has 0 bridgehead atoms. The molecule has 0 radical (unpaired) electrons. The van der Waals surface area contributed by atoms with Crippen molar-refractivity contribution in [1.29, 1.82) is 0 Å². The summed E-state index contributed by atoms with van der Waals surface area (Å²) in [5.74, 6) is 0. The highest BCUT2D eigenvalue weighted by atomic mass is 16.3. The third-order valence-electron chi connectivity index (χ3n) is 4.00. The fraction of sp³-hybridized carbons (Fsp3) is 0.600. The van der Waals surface area contributed by atoms with Crippen molar-refractivity contribution in [2.75, 3.05) is 19.6 Å². The van der Waals surface area contributed by atoms with Crippen LogP contribution in [0, 0.1) is 0 Å². The molecule has 0 unspecified atom stereocenters. The lowest BCUT2D eigenvalue weighted by Gasteiger charge is -2.38. The van der Waals surface area contributed by atoms with Gasteiger partial charge in [0, 0.05) is 13.1 Å². The summed E-state index contributed by atoms with van der Waals surface area (Å²) >= 11 is 0. The minimum absolute atomic E-state index is 0.600. The quantitative estimate of drug-likeness (QED) is 0.867. The summed E-state index contributed by atoms with van der Waals surface area (Å²) in [5, 5.41) is 10.7. The summed E-state index contributed by atoms with van der Waals surface area (Å²) in [4.78, 5) is 2.40. The maximum Gasteiger partial charge on any atom is 0.0921 e. The Morgan fingerprint density at radius 2 is 1.94 bits per heavy atom. The van der Waals surface area contributed by atoms with Gasteiger partial charge in [0.05, 0.1) is 5.60 Å². The summed E-state index contributed by atoms with van der Waals surface area (Å²) in [5.41, 5.74) is 1.82. The molecule has 17 heavy (non-hydrogen) atoms.